The van der Waals surface area contributed by atoms with Crippen LogP contribution in [0, 0.1) is 0 Å². The lowest BCUT2D eigenvalue weighted by molar-refractivity contribution is -0.376. The molecule has 4 heterocycles. The van der Waals surface area contributed by atoms with Gasteiger partial charge in [0.15, 0.2) is 5.69 Å². The van der Waals surface area contributed by atoms with Gasteiger partial charge < -0.3 is 4.98 Å². The van der Waals surface area contributed by atoms with E-state index in [-0.39, 0.29) is 11.5 Å². The molecular weight excluding hydrogens is 322 g/mol. The van der Waals surface area contributed by atoms with Crippen molar-refractivity contribution in [2.45, 2.75) is 25.3 Å². The quantitative estimate of drug-likeness (QED) is 0.761. The Morgan fingerprint density at radius 1 is 1.46 bits per heavy atom. The maximum atomic E-state index is 12.1. The molecule has 3 aromatic rings. The maximum Gasteiger partial charge on any atom is 0.251 e. The SMILES string of the molecule is O=c1cc(-c2cccs2)nc(C2CCCN(Cc3c[nH+]c[nH]3)C2)[nH]1. The van der Waals surface area contributed by atoms with Crippen LogP contribution < -0.4 is 10.5 Å². The van der Waals surface area contributed by atoms with Gasteiger partial charge in [0.1, 0.15) is 12.0 Å². The number of nitrogens with one attached hydrogen (secondary N) is 3. The third-order valence-electron chi connectivity index (χ3n) is 4.42. The molecule has 0 amide bonds. The number of nitrogens with zero attached hydrogens (tertiary/aromatic N) is 2. The van der Waals surface area contributed by atoms with Crippen molar-refractivity contribution in [2.24, 2.45) is 0 Å². The second kappa shape index (κ2) is 6.70. The van der Waals surface area contributed by atoms with Gasteiger partial charge in [0.05, 0.1) is 17.1 Å². The van der Waals surface area contributed by atoms with Crippen molar-refractivity contribution in [1.82, 2.24) is 19.9 Å². The molecular formula is C17H20N5OS+. The molecule has 3 N–H and O–H groups in total. The van der Waals surface area contributed by atoms with E-state index in [9.17, 15) is 4.79 Å². The number of rotatable bonds is 4. The number of aromatic nitrogens is 4. The molecule has 0 aliphatic carbocycles. The van der Waals surface area contributed by atoms with Crippen LogP contribution in [-0.4, -0.2) is 32.9 Å². The highest BCUT2D eigenvalue weighted by atomic mass is 32.1. The molecule has 1 aliphatic heterocycles. The fraction of sp³-hybridized carbons (Fsp3) is 0.353. The highest BCUT2D eigenvalue weighted by Gasteiger charge is 2.24. The van der Waals surface area contributed by atoms with Crippen molar-refractivity contribution in [2.75, 3.05) is 13.1 Å². The molecule has 4 rings (SSSR count). The Morgan fingerprint density at radius 2 is 2.42 bits per heavy atom. The number of aromatic amines is 3. The summed E-state index contributed by atoms with van der Waals surface area (Å²) in [5.41, 5.74) is 1.88. The van der Waals surface area contributed by atoms with E-state index in [1.807, 2.05) is 30.0 Å². The van der Waals surface area contributed by atoms with Crippen molar-refractivity contribution in [3.05, 3.63) is 58.0 Å². The Morgan fingerprint density at radius 3 is 3.21 bits per heavy atom. The second-order valence-corrected chi connectivity index (χ2v) is 7.14. The summed E-state index contributed by atoms with van der Waals surface area (Å²) in [5, 5.41) is 2.01. The third kappa shape index (κ3) is 3.32. The van der Waals surface area contributed by atoms with Crippen LogP contribution in [0.15, 0.2) is 40.9 Å². The van der Waals surface area contributed by atoms with E-state index < -0.39 is 0 Å². The number of hydrogen-bond donors (Lipinski definition) is 2. The molecule has 24 heavy (non-hydrogen) atoms. The zero-order chi connectivity index (χ0) is 16.4. The summed E-state index contributed by atoms with van der Waals surface area (Å²) in [6.07, 6.45) is 5.99. The van der Waals surface area contributed by atoms with Crippen molar-refractivity contribution in [1.29, 1.82) is 0 Å². The zero-order valence-corrected chi connectivity index (χ0v) is 14.1. The summed E-state index contributed by atoms with van der Waals surface area (Å²) >= 11 is 1.61. The van der Waals surface area contributed by atoms with Gasteiger partial charge in [0.2, 0.25) is 6.33 Å². The second-order valence-electron chi connectivity index (χ2n) is 6.19. The van der Waals surface area contributed by atoms with E-state index >= 15 is 0 Å². The lowest BCUT2D eigenvalue weighted by Crippen LogP contribution is -2.35. The number of likely N-dealkylation sites (tertiary alicyclic amines) is 1. The van der Waals surface area contributed by atoms with Gasteiger partial charge in [-0.3, -0.25) is 14.7 Å². The molecule has 1 fully saturated rings. The van der Waals surface area contributed by atoms with E-state index in [1.54, 1.807) is 17.4 Å². The first-order valence-electron chi connectivity index (χ1n) is 8.19. The molecule has 0 spiro atoms. The Bertz CT molecular complexity index is 840. The fourth-order valence-electron chi connectivity index (χ4n) is 3.29. The minimum absolute atomic E-state index is 0.0699. The van der Waals surface area contributed by atoms with E-state index in [2.05, 4.69) is 19.9 Å². The van der Waals surface area contributed by atoms with Crippen LogP contribution in [0.5, 0.6) is 0 Å². The molecule has 1 unspecified atom stereocenters. The Labute approximate surface area is 143 Å². The molecule has 3 aromatic heterocycles. The Hall–Kier alpha value is -2.25. The number of hydrogen-bond acceptors (Lipinski definition) is 4. The normalized spacial score (nSPS) is 18.8. The number of H-pyrrole nitrogens is 3. The molecule has 0 aromatic carbocycles. The van der Waals surface area contributed by atoms with Crippen LogP contribution in [0.3, 0.4) is 0 Å². The van der Waals surface area contributed by atoms with Crippen LogP contribution in [0.25, 0.3) is 10.6 Å². The average Bonchev–Trinajstić information content (AvgIpc) is 3.28. The summed E-state index contributed by atoms with van der Waals surface area (Å²) in [6, 6.07) is 5.58. The summed E-state index contributed by atoms with van der Waals surface area (Å²) in [5.74, 6) is 1.08. The molecule has 0 bridgehead atoms. The number of thiophene rings is 1. The van der Waals surface area contributed by atoms with E-state index in [1.165, 1.54) is 5.69 Å². The predicted molar refractivity (Wildman–Crippen MR) is 92.8 cm³/mol. The van der Waals surface area contributed by atoms with Gasteiger partial charge in [-0.25, -0.2) is 9.97 Å². The third-order valence-corrected chi connectivity index (χ3v) is 5.31. The van der Waals surface area contributed by atoms with Crippen LogP contribution in [0.1, 0.15) is 30.3 Å². The molecule has 1 atom stereocenters. The van der Waals surface area contributed by atoms with E-state index in [0.29, 0.717) is 0 Å². The van der Waals surface area contributed by atoms with Gasteiger partial charge in [-0.15, -0.1) is 11.3 Å². The molecule has 0 radical (unpaired) electrons. The number of piperidine rings is 1. The lowest BCUT2D eigenvalue weighted by Gasteiger charge is -2.31. The largest absolute Gasteiger partial charge is 0.310 e. The monoisotopic (exact) mass is 342 g/mol. The Kier molecular flexibility index (Phi) is 4.27. The van der Waals surface area contributed by atoms with Gasteiger partial charge in [-0.05, 0) is 30.8 Å². The van der Waals surface area contributed by atoms with Crippen molar-refractivity contribution in [3.8, 4) is 10.6 Å². The summed E-state index contributed by atoms with van der Waals surface area (Å²) < 4.78 is 0. The van der Waals surface area contributed by atoms with Crippen LogP contribution in [0.2, 0.25) is 0 Å². The summed E-state index contributed by atoms with van der Waals surface area (Å²) in [4.78, 5) is 29.5. The molecule has 1 saturated heterocycles. The molecule has 6 nitrogen and oxygen atoms in total. The minimum atomic E-state index is -0.0699. The molecule has 7 heteroatoms. The van der Waals surface area contributed by atoms with Gasteiger partial charge in [-0.2, -0.15) is 0 Å². The highest BCUT2D eigenvalue weighted by Crippen LogP contribution is 2.27. The average molecular weight is 342 g/mol. The maximum absolute atomic E-state index is 12.1. The van der Waals surface area contributed by atoms with Gasteiger partial charge in [-0.1, -0.05) is 6.07 Å². The van der Waals surface area contributed by atoms with Gasteiger partial charge in [0.25, 0.3) is 5.56 Å². The van der Waals surface area contributed by atoms with Crippen molar-refractivity contribution >= 4 is 11.3 Å². The first kappa shape index (κ1) is 15.3. The Balaban J connectivity index is 1.55. The predicted octanol–water partition coefficient (Wildman–Crippen LogP) is 2.02. The minimum Gasteiger partial charge on any atom is -0.310 e. The first-order chi connectivity index (χ1) is 11.8. The zero-order valence-electron chi connectivity index (χ0n) is 13.3. The van der Waals surface area contributed by atoms with Crippen LogP contribution >= 0.6 is 11.3 Å². The highest BCUT2D eigenvalue weighted by molar-refractivity contribution is 7.13. The molecule has 124 valence electrons. The smallest absolute Gasteiger partial charge is 0.251 e. The first-order valence-corrected chi connectivity index (χ1v) is 9.07. The fourth-order valence-corrected chi connectivity index (χ4v) is 3.98. The van der Waals surface area contributed by atoms with Crippen molar-refractivity contribution < 1.29 is 4.98 Å². The summed E-state index contributed by atoms with van der Waals surface area (Å²) in [6.45, 7) is 2.87. The summed E-state index contributed by atoms with van der Waals surface area (Å²) in [7, 11) is 0. The van der Waals surface area contributed by atoms with E-state index in [4.69, 9.17) is 4.98 Å². The van der Waals surface area contributed by atoms with E-state index in [0.717, 1.165) is 48.9 Å². The van der Waals surface area contributed by atoms with Gasteiger partial charge >= 0.3 is 0 Å². The molecule has 1 aliphatic rings. The van der Waals surface area contributed by atoms with Crippen LogP contribution in [0.4, 0.5) is 0 Å². The van der Waals surface area contributed by atoms with Gasteiger partial charge in [0, 0.05) is 18.5 Å². The van der Waals surface area contributed by atoms with Crippen molar-refractivity contribution in [3.63, 3.8) is 0 Å². The topological polar surface area (TPSA) is 78.9 Å². The van der Waals surface area contributed by atoms with Crippen LogP contribution in [-0.2, 0) is 6.54 Å². The molecule has 0 saturated carbocycles. The standard InChI is InChI=1S/C17H19N5OS/c23-16-7-14(15-4-2-6-24-15)20-17(21-16)12-3-1-5-22(9-12)10-13-8-18-11-19-13/h2,4,6-8,11-12H,1,3,5,9-10H2,(H,18,19)(H,20,21,23)/p+1. The lowest BCUT2D eigenvalue weighted by atomic mass is 9.97. The number of imidazole rings is 1.